The van der Waals surface area contributed by atoms with Gasteiger partial charge in [0.15, 0.2) is 0 Å². The molecule has 810 valence electrons. The minimum Gasteiger partial charge on any atom is -0.463 e. The van der Waals surface area contributed by atoms with E-state index in [4.69, 9.17) is 156 Å². The van der Waals surface area contributed by atoms with Gasteiger partial charge < -0.3 is 162 Å². The standard InChI is InChI=1S/C35H71NO13.C30H60O13.C18H36O6.C14H28O5/c1-34(2,3)33(37)7-9-38-11-13-40-15-17-42-19-21-44-23-25-46-27-29-48-31-32-49-30-28-47-26-24-45-22-20-43-18-16-41-14-12-39-10-8-36-35(4,5)6;1-30(2,3)29(31)5-6-33-9-10-35-13-14-37-17-18-39-21-22-41-25-26-43-28-27-42-24-23-40-20-19-38-16-15-36-12-11-34-8-7-32-4;1-16(2)6-5-8-20-10-12-22-14-15-23-13-11-21-9-7-18(19)24-17(3)4;1-14(2,3)13(15)5-6-17-9-10-19-12-11-18-8-7-16-4/h36H,7-32H2,1-6H3;5-28H2,1-4H3;16-17H,5-15H2,1-4H3;5-12H2,1-4H3. The summed E-state index contributed by atoms with van der Waals surface area (Å²) in [4.78, 5) is 46.4. The fraction of sp³-hybridized carbons (Fsp3) is 0.959. The Labute approximate surface area is 814 Å². The molecule has 38 heteroatoms. The molecule has 0 rings (SSSR count). The monoisotopic (exact) mass is 1970 g/mol. The first-order chi connectivity index (χ1) is 65.1. The van der Waals surface area contributed by atoms with E-state index in [1.54, 1.807) is 14.2 Å². The minimum absolute atomic E-state index is 0.0775. The second kappa shape index (κ2) is 110. The number of carbonyl (C=O) groups is 4. The number of ketones is 3. The Morgan fingerprint density at radius 3 is 0.496 bits per heavy atom. The fourth-order valence-corrected chi connectivity index (χ4v) is 9.60. The van der Waals surface area contributed by atoms with Crippen LogP contribution in [0.5, 0.6) is 0 Å². The SMILES string of the molecule is CC(C)(C)NCCOCCOCCOCCOCCOCCOCCOCCOCCOCCOCCOCCOCCC(=O)C(C)(C)C.CC(C)CCCOCCOCCOCCOCCC(=O)OC(C)C.COCCOCCOCCOCCC(=O)C(C)(C)C.COCCOCCOCCOCCOCCOCCOCCOCCOCCOCCOCCOCCC(=O)C(C)(C)C. The average Bonchev–Trinajstić information content (AvgIpc) is 0.932. The van der Waals surface area contributed by atoms with Crippen LogP contribution in [0.3, 0.4) is 0 Å². The molecule has 0 saturated carbocycles. The number of methoxy groups -OCH3 is 2. The summed E-state index contributed by atoms with van der Waals surface area (Å²) >= 11 is 0. The molecule has 135 heavy (non-hydrogen) atoms. The highest BCUT2D eigenvalue weighted by Crippen LogP contribution is 2.18. The van der Waals surface area contributed by atoms with Crippen LogP contribution in [0.15, 0.2) is 0 Å². The lowest BCUT2D eigenvalue weighted by molar-refractivity contribution is -0.148. The van der Waals surface area contributed by atoms with E-state index in [1.165, 1.54) is 6.42 Å². The molecule has 0 fully saturated rings. The van der Waals surface area contributed by atoms with Crippen molar-refractivity contribution in [2.24, 2.45) is 22.2 Å². The summed E-state index contributed by atoms with van der Waals surface area (Å²) in [5, 5.41) is 3.37. The zero-order valence-electron chi connectivity index (χ0n) is 87.6. The summed E-state index contributed by atoms with van der Waals surface area (Å²) < 4.78 is 178. The van der Waals surface area contributed by atoms with Gasteiger partial charge in [-0.2, -0.15) is 0 Å². The first-order valence-electron chi connectivity index (χ1n) is 49.0. The molecule has 1 N–H and O–H groups in total. The van der Waals surface area contributed by atoms with Crippen LogP contribution in [0.4, 0.5) is 0 Å². The number of nitrogens with one attached hydrogen (secondary N) is 1. The van der Waals surface area contributed by atoms with Gasteiger partial charge in [-0.25, -0.2) is 0 Å². The summed E-state index contributed by atoms with van der Waals surface area (Å²) in [6.45, 7) is 65.0. The Balaban J connectivity index is -0.000000902. The van der Waals surface area contributed by atoms with Crippen molar-refractivity contribution in [1.82, 2.24) is 5.32 Å². The van der Waals surface area contributed by atoms with Crippen LogP contribution in [-0.2, 0) is 175 Å². The smallest absolute Gasteiger partial charge is 0.308 e. The van der Waals surface area contributed by atoms with E-state index in [-0.39, 0.29) is 57.6 Å². The van der Waals surface area contributed by atoms with Crippen molar-refractivity contribution in [3.05, 3.63) is 0 Å². The Hall–Kier alpha value is -2.84. The Kier molecular flexibility index (Phi) is 113. The summed E-state index contributed by atoms with van der Waals surface area (Å²) in [6.07, 6.45) is 3.84. The molecule has 0 spiro atoms. The predicted octanol–water partition coefficient (Wildman–Crippen LogP) is 8.92. The van der Waals surface area contributed by atoms with Crippen LogP contribution in [-0.4, -0.2) is 465 Å². The number of Topliss-reactive ketones (excluding diaryl/α,β-unsaturated/α-hetero) is 3. The molecule has 0 amide bonds. The van der Waals surface area contributed by atoms with Crippen LogP contribution in [0.1, 0.15) is 149 Å². The number of carbonyl (C=O) groups excluding carboxylic acids is 4. The quantitative estimate of drug-likeness (QED) is 0.0438. The zero-order valence-corrected chi connectivity index (χ0v) is 87.6. The lowest BCUT2D eigenvalue weighted by atomic mass is 9.89. The maximum Gasteiger partial charge on any atom is 0.308 e. The van der Waals surface area contributed by atoms with E-state index in [0.29, 0.717) is 422 Å². The number of esters is 1. The Bertz CT molecular complexity index is 2350. The second-order valence-corrected chi connectivity index (χ2v) is 34.6. The van der Waals surface area contributed by atoms with Crippen molar-refractivity contribution in [3.63, 3.8) is 0 Å². The molecule has 0 aromatic carbocycles. The largest absolute Gasteiger partial charge is 0.463 e. The van der Waals surface area contributed by atoms with Gasteiger partial charge in [0, 0.05) is 68.4 Å². The Morgan fingerprint density at radius 2 is 0.348 bits per heavy atom. The van der Waals surface area contributed by atoms with E-state index in [1.807, 2.05) is 76.2 Å². The number of rotatable bonds is 104. The molecule has 0 aliphatic rings. The van der Waals surface area contributed by atoms with Crippen molar-refractivity contribution in [2.45, 2.75) is 161 Å². The molecule has 0 bridgehead atoms. The van der Waals surface area contributed by atoms with Crippen molar-refractivity contribution >= 4 is 23.3 Å². The maximum absolute atomic E-state index is 11.8. The highest BCUT2D eigenvalue weighted by atomic mass is 16.6. The van der Waals surface area contributed by atoms with E-state index in [9.17, 15) is 19.2 Å². The molecule has 0 aromatic rings. The van der Waals surface area contributed by atoms with E-state index >= 15 is 0 Å². The summed E-state index contributed by atoms with van der Waals surface area (Å²) in [5.41, 5.74) is -0.791. The molecule has 0 heterocycles. The van der Waals surface area contributed by atoms with Crippen LogP contribution in [0.2, 0.25) is 0 Å². The molecule has 0 atom stereocenters. The van der Waals surface area contributed by atoms with Crippen molar-refractivity contribution in [1.29, 1.82) is 0 Å². The van der Waals surface area contributed by atoms with E-state index < -0.39 is 0 Å². The van der Waals surface area contributed by atoms with Crippen LogP contribution in [0, 0.1) is 22.2 Å². The molecule has 0 radical (unpaired) electrons. The molecule has 0 aliphatic heterocycles. The van der Waals surface area contributed by atoms with Crippen LogP contribution < -0.4 is 5.32 Å². The number of hydrogen-bond acceptors (Lipinski definition) is 38. The van der Waals surface area contributed by atoms with Crippen molar-refractivity contribution < 1.29 is 175 Å². The normalized spacial score (nSPS) is 11.9. The predicted molar refractivity (Wildman–Crippen MR) is 513 cm³/mol. The first kappa shape index (κ1) is 138. The van der Waals surface area contributed by atoms with Gasteiger partial charge in [-0.3, -0.25) is 19.2 Å². The van der Waals surface area contributed by atoms with Gasteiger partial charge in [0.2, 0.25) is 0 Å². The van der Waals surface area contributed by atoms with Gasteiger partial charge in [-0.05, 0) is 53.4 Å². The summed E-state index contributed by atoms with van der Waals surface area (Å²) in [7, 11) is 3.28. The third-order valence-corrected chi connectivity index (χ3v) is 17.3. The van der Waals surface area contributed by atoms with Crippen LogP contribution in [0.25, 0.3) is 0 Å². The third kappa shape index (κ3) is 129. The lowest BCUT2D eigenvalue weighted by Crippen LogP contribution is -2.38. The van der Waals surface area contributed by atoms with Gasteiger partial charge in [0.25, 0.3) is 0 Å². The number of ether oxygens (including phenoxy) is 33. The van der Waals surface area contributed by atoms with Gasteiger partial charge in [0.1, 0.15) is 17.3 Å². The van der Waals surface area contributed by atoms with E-state index in [0.717, 1.165) is 25.5 Å². The average molecular weight is 1970 g/mol. The molecule has 0 aliphatic carbocycles. The maximum atomic E-state index is 11.8. The van der Waals surface area contributed by atoms with Crippen LogP contribution >= 0.6 is 0 Å². The number of hydrogen-bond donors (Lipinski definition) is 1. The molecule has 0 aromatic heterocycles. The molecular formula is C97H195NO37. The summed E-state index contributed by atoms with van der Waals surface area (Å²) in [6, 6.07) is 0. The fourth-order valence-electron chi connectivity index (χ4n) is 9.60. The minimum atomic E-state index is -0.314. The van der Waals surface area contributed by atoms with Gasteiger partial charge in [0.05, 0.1) is 416 Å². The molecule has 38 nitrogen and oxygen atoms in total. The van der Waals surface area contributed by atoms with Gasteiger partial charge in [-0.1, -0.05) is 76.2 Å². The first-order valence-corrected chi connectivity index (χ1v) is 49.0. The lowest BCUT2D eigenvalue weighted by Gasteiger charge is -2.20. The Morgan fingerprint density at radius 1 is 0.200 bits per heavy atom. The molecule has 0 unspecified atom stereocenters. The topological polar surface area (TPSA) is 385 Å². The molecular weight excluding hydrogens is 1770 g/mol. The van der Waals surface area contributed by atoms with Gasteiger partial charge >= 0.3 is 5.97 Å². The third-order valence-electron chi connectivity index (χ3n) is 17.3. The summed E-state index contributed by atoms with van der Waals surface area (Å²) in [5.74, 6) is 1.13. The zero-order chi connectivity index (χ0) is 100. The van der Waals surface area contributed by atoms with E-state index in [2.05, 4.69) is 39.9 Å². The van der Waals surface area contributed by atoms with Crippen molar-refractivity contribution in [3.8, 4) is 0 Å². The highest BCUT2D eigenvalue weighted by molar-refractivity contribution is 5.84. The highest BCUT2D eigenvalue weighted by Gasteiger charge is 2.23. The molecule has 0 saturated heterocycles. The van der Waals surface area contributed by atoms with Crippen molar-refractivity contribution in [2.75, 3.05) is 430 Å². The van der Waals surface area contributed by atoms with Gasteiger partial charge in [-0.15, -0.1) is 0 Å². The second-order valence-electron chi connectivity index (χ2n) is 34.6.